The van der Waals surface area contributed by atoms with Gasteiger partial charge in [0.05, 0.1) is 9.77 Å². The molecule has 0 aliphatic carbocycles. The van der Waals surface area contributed by atoms with Crippen molar-refractivity contribution in [3.8, 4) is 0 Å². The molecule has 5 nitrogen and oxygen atoms in total. The fourth-order valence-corrected chi connectivity index (χ4v) is 5.25. The van der Waals surface area contributed by atoms with Crippen molar-refractivity contribution in [3.63, 3.8) is 0 Å². The maximum atomic E-state index is 12.6. The van der Waals surface area contributed by atoms with Gasteiger partial charge < -0.3 is 10.6 Å². The number of hydrogen-bond donors (Lipinski definition) is 1. The normalized spacial score (nSPS) is 16.5. The SMILES string of the molecule is NC1CCN(C(=O)c2ccc(S(=O)(=O)c3ccccc3)s2)CC1. The Labute approximate surface area is 139 Å². The number of hydrogen-bond acceptors (Lipinski definition) is 5. The van der Waals surface area contributed by atoms with E-state index in [4.69, 9.17) is 5.73 Å². The van der Waals surface area contributed by atoms with Crippen LogP contribution >= 0.6 is 11.3 Å². The highest BCUT2D eigenvalue weighted by Gasteiger charge is 2.25. The molecule has 7 heteroatoms. The van der Waals surface area contributed by atoms with E-state index in [-0.39, 0.29) is 21.1 Å². The first-order chi connectivity index (χ1) is 11.0. The first-order valence-electron chi connectivity index (χ1n) is 7.43. The molecule has 0 saturated carbocycles. The molecule has 1 aliphatic heterocycles. The maximum Gasteiger partial charge on any atom is 0.263 e. The summed E-state index contributed by atoms with van der Waals surface area (Å²) in [6.45, 7) is 1.25. The predicted molar refractivity (Wildman–Crippen MR) is 89.3 cm³/mol. The number of nitrogens with two attached hydrogens (primary N) is 1. The number of piperidine rings is 1. The van der Waals surface area contributed by atoms with Crippen LogP contribution in [0.4, 0.5) is 0 Å². The number of carbonyl (C=O) groups is 1. The minimum atomic E-state index is -3.56. The molecule has 1 aromatic carbocycles. The molecule has 1 fully saturated rings. The third-order valence-electron chi connectivity index (χ3n) is 3.94. The van der Waals surface area contributed by atoms with Gasteiger partial charge in [-0.3, -0.25) is 4.79 Å². The van der Waals surface area contributed by atoms with Crippen molar-refractivity contribution in [2.24, 2.45) is 5.73 Å². The molecule has 23 heavy (non-hydrogen) atoms. The third kappa shape index (κ3) is 3.31. The van der Waals surface area contributed by atoms with E-state index in [1.165, 1.54) is 6.07 Å². The van der Waals surface area contributed by atoms with E-state index in [2.05, 4.69) is 0 Å². The number of nitrogens with zero attached hydrogens (tertiary/aromatic N) is 1. The van der Waals surface area contributed by atoms with Crippen LogP contribution in [0.5, 0.6) is 0 Å². The molecule has 0 unspecified atom stereocenters. The van der Waals surface area contributed by atoms with Gasteiger partial charge in [-0.15, -0.1) is 11.3 Å². The summed E-state index contributed by atoms with van der Waals surface area (Å²) in [5.41, 5.74) is 5.85. The Balaban J connectivity index is 1.82. The van der Waals surface area contributed by atoms with Crippen molar-refractivity contribution in [1.82, 2.24) is 4.90 Å². The largest absolute Gasteiger partial charge is 0.338 e. The molecule has 2 N–H and O–H groups in total. The lowest BCUT2D eigenvalue weighted by Crippen LogP contribution is -2.42. The molecule has 2 aromatic rings. The molecular formula is C16H18N2O3S2. The lowest BCUT2D eigenvalue weighted by atomic mass is 10.1. The highest BCUT2D eigenvalue weighted by atomic mass is 32.2. The number of carbonyl (C=O) groups excluding carboxylic acids is 1. The van der Waals surface area contributed by atoms with Gasteiger partial charge in [0.25, 0.3) is 5.91 Å². The van der Waals surface area contributed by atoms with Crippen LogP contribution in [0.3, 0.4) is 0 Å². The zero-order valence-corrected chi connectivity index (χ0v) is 14.1. The molecule has 3 rings (SSSR count). The van der Waals surface area contributed by atoms with E-state index >= 15 is 0 Å². The lowest BCUT2D eigenvalue weighted by Gasteiger charge is -2.29. The second-order valence-corrected chi connectivity index (χ2v) is 8.83. The third-order valence-corrected chi connectivity index (χ3v) is 7.27. The van der Waals surface area contributed by atoms with Crippen LogP contribution in [0.25, 0.3) is 0 Å². The summed E-state index contributed by atoms with van der Waals surface area (Å²) in [5, 5.41) is 0. The Hall–Kier alpha value is -1.70. The van der Waals surface area contributed by atoms with E-state index in [0.717, 1.165) is 24.2 Å². The van der Waals surface area contributed by atoms with Crippen molar-refractivity contribution in [2.75, 3.05) is 13.1 Å². The van der Waals surface area contributed by atoms with Crippen molar-refractivity contribution >= 4 is 27.1 Å². The van der Waals surface area contributed by atoms with Gasteiger partial charge in [-0.05, 0) is 37.1 Å². The molecule has 0 spiro atoms. The maximum absolute atomic E-state index is 12.6. The molecule has 122 valence electrons. The van der Waals surface area contributed by atoms with Gasteiger partial charge in [0, 0.05) is 19.1 Å². The highest BCUT2D eigenvalue weighted by Crippen LogP contribution is 2.28. The van der Waals surface area contributed by atoms with Crippen molar-refractivity contribution in [2.45, 2.75) is 28.0 Å². The van der Waals surface area contributed by atoms with Crippen LogP contribution in [0.2, 0.25) is 0 Å². The number of sulfone groups is 1. The van der Waals surface area contributed by atoms with Crippen LogP contribution in [-0.4, -0.2) is 38.4 Å². The molecule has 0 bridgehead atoms. The summed E-state index contributed by atoms with van der Waals surface area (Å²) >= 11 is 1.03. The first-order valence-corrected chi connectivity index (χ1v) is 9.73. The number of benzene rings is 1. The van der Waals surface area contributed by atoms with Gasteiger partial charge in [0.15, 0.2) is 0 Å². The molecule has 1 aromatic heterocycles. The fraction of sp³-hybridized carbons (Fsp3) is 0.312. The van der Waals surface area contributed by atoms with E-state index < -0.39 is 9.84 Å². The van der Waals surface area contributed by atoms with Crippen molar-refractivity contribution < 1.29 is 13.2 Å². The molecule has 1 saturated heterocycles. The summed E-state index contributed by atoms with van der Waals surface area (Å²) in [7, 11) is -3.56. The quantitative estimate of drug-likeness (QED) is 0.920. The average Bonchev–Trinajstić information content (AvgIpc) is 3.06. The molecule has 0 atom stereocenters. The molecule has 2 heterocycles. The number of amides is 1. The Kier molecular flexibility index (Phi) is 4.52. The van der Waals surface area contributed by atoms with Crippen molar-refractivity contribution in [3.05, 3.63) is 47.3 Å². The van der Waals surface area contributed by atoms with E-state index in [0.29, 0.717) is 18.0 Å². The molecule has 1 aliphatic rings. The van der Waals surface area contributed by atoms with E-state index in [1.807, 2.05) is 0 Å². The zero-order valence-electron chi connectivity index (χ0n) is 12.5. The number of thiophene rings is 1. The Morgan fingerprint density at radius 1 is 1.09 bits per heavy atom. The summed E-state index contributed by atoms with van der Waals surface area (Å²) in [6.07, 6.45) is 1.57. The number of rotatable bonds is 3. The lowest BCUT2D eigenvalue weighted by molar-refractivity contribution is 0.0719. The van der Waals surface area contributed by atoms with E-state index in [9.17, 15) is 13.2 Å². The first kappa shape index (κ1) is 16.2. The van der Waals surface area contributed by atoms with Gasteiger partial charge >= 0.3 is 0 Å². The van der Waals surface area contributed by atoms with E-state index in [1.54, 1.807) is 41.3 Å². The smallest absolute Gasteiger partial charge is 0.263 e. The summed E-state index contributed by atoms with van der Waals surface area (Å²) in [4.78, 5) is 14.9. The topological polar surface area (TPSA) is 80.5 Å². The predicted octanol–water partition coefficient (Wildman–Crippen LogP) is 2.14. The van der Waals surface area contributed by atoms with Crippen LogP contribution < -0.4 is 5.73 Å². The minimum Gasteiger partial charge on any atom is -0.338 e. The van der Waals surface area contributed by atoms with Gasteiger partial charge in [0.2, 0.25) is 9.84 Å². The standard InChI is InChI=1S/C16H18N2O3S2/c17-12-8-10-18(11-9-12)16(19)14-6-7-15(22-14)23(20,21)13-4-2-1-3-5-13/h1-7,12H,8-11,17H2. The summed E-state index contributed by atoms with van der Waals surface area (Å²) in [5.74, 6) is -0.114. The monoisotopic (exact) mass is 350 g/mol. The van der Waals surface area contributed by atoms with Crippen LogP contribution in [-0.2, 0) is 9.84 Å². The Morgan fingerprint density at radius 2 is 1.74 bits per heavy atom. The summed E-state index contributed by atoms with van der Waals surface area (Å²) < 4.78 is 25.3. The van der Waals surface area contributed by atoms with Crippen LogP contribution in [0.15, 0.2) is 51.6 Å². The molecule has 1 amide bonds. The Bertz CT molecular complexity index is 792. The average molecular weight is 350 g/mol. The van der Waals surface area contributed by atoms with Gasteiger partial charge in [-0.25, -0.2) is 8.42 Å². The molecular weight excluding hydrogens is 332 g/mol. The van der Waals surface area contributed by atoms with Crippen molar-refractivity contribution in [1.29, 1.82) is 0 Å². The second kappa shape index (κ2) is 6.43. The van der Waals surface area contributed by atoms with Gasteiger partial charge in [-0.1, -0.05) is 18.2 Å². The second-order valence-electron chi connectivity index (χ2n) is 5.56. The van der Waals surface area contributed by atoms with Crippen LogP contribution in [0.1, 0.15) is 22.5 Å². The van der Waals surface area contributed by atoms with Crippen LogP contribution in [0, 0.1) is 0 Å². The number of likely N-dealkylation sites (tertiary alicyclic amines) is 1. The van der Waals surface area contributed by atoms with Gasteiger partial charge in [0.1, 0.15) is 4.21 Å². The highest BCUT2D eigenvalue weighted by molar-refractivity contribution is 7.93. The summed E-state index contributed by atoms with van der Waals surface area (Å²) in [6, 6.07) is 11.5. The fourth-order valence-electron chi connectivity index (χ4n) is 2.55. The molecule has 0 radical (unpaired) electrons. The minimum absolute atomic E-state index is 0.114. The zero-order chi connectivity index (χ0) is 16.4. The Morgan fingerprint density at radius 3 is 2.39 bits per heavy atom. The van der Waals surface area contributed by atoms with Gasteiger partial charge in [-0.2, -0.15) is 0 Å².